The van der Waals surface area contributed by atoms with E-state index in [0.717, 1.165) is 41.9 Å². The van der Waals surface area contributed by atoms with Crippen LogP contribution in [0.25, 0.3) is 0 Å². The van der Waals surface area contributed by atoms with Crippen molar-refractivity contribution in [2.45, 2.75) is 45.4 Å². The molecule has 6 heteroatoms. The first-order valence-electron chi connectivity index (χ1n) is 7.94. The van der Waals surface area contributed by atoms with Gasteiger partial charge in [-0.3, -0.25) is 4.68 Å². The number of rotatable bonds is 6. The summed E-state index contributed by atoms with van der Waals surface area (Å²) in [5.41, 5.74) is 3.39. The van der Waals surface area contributed by atoms with Crippen molar-refractivity contribution in [3.63, 3.8) is 0 Å². The van der Waals surface area contributed by atoms with E-state index < -0.39 is 0 Å². The van der Waals surface area contributed by atoms with Crippen LogP contribution >= 0.6 is 11.3 Å². The molecule has 1 atom stereocenters. The van der Waals surface area contributed by atoms with Crippen LogP contribution in [0.4, 0.5) is 0 Å². The van der Waals surface area contributed by atoms with E-state index in [4.69, 9.17) is 14.6 Å². The lowest BCUT2D eigenvalue weighted by Gasteiger charge is -2.21. The summed E-state index contributed by atoms with van der Waals surface area (Å²) >= 11 is 1.66. The summed E-state index contributed by atoms with van der Waals surface area (Å²) in [7, 11) is 0. The number of aryl methyl sites for hydroxylation is 1. The minimum atomic E-state index is -0.0380. The average Bonchev–Trinajstić information content (AvgIpc) is 3.05. The van der Waals surface area contributed by atoms with Gasteiger partial charge in [0, 0.05) is 18.1 Å². The maximum Gasteiger partial charge on any atom is 0.125 e. The molecule has 2 aromatic rings. The van der Waals surface area contributed by atoms with Crippen LogP contribution in [0, 0.1) is 12.8 Å². The highest BCUT2D eigenvalue weighted by atomic mass is 32.1. The van der Waals surface area contributed by atoms with Crippen molar-refractivity contribution in [2.24, 2.45) is 5.92 Å². The molecule has 2 aliphatic rings. The quantitative estimate of drug-likeness (QED) is 0.821. The standard InChI is InChI=1S/C16H21N3O2S/c1-11-17-14(10-22-11)8-20-9-15-16-13(4-5-21-15)7-19(18-16)6-12-2-3-12/h7,10,12,15H,2-6,8-9H2,1H3. The Morgan fingerprint density at radius 3 is 3.14 bits per heavy atom. The number of hydrogen-bond acceptors (Lipinski definition) is 5. The van der Waals surface area contributed by atoms with Gasteiger partial charge in [0.1, 0.15) is 6.10 Å². The van der Waals surface area contributed by atoms with Crippen molar-refractivity contribution in [2.75, 3.05) is 13.2 Å². The van der Waals surface area contributed by atoms with Gasteiger partial charge in [-0.05, 0) is 37.7 Å². The molecule has 118 valence electrons. The van der Waals surface area contributed by atoms with Crippen LogP contribution in [0.3, 0.4) is 0 Å². The Hall–Kier alpha value is -1.24. The topological polar surface area (TPSA) is 49.2 Å². The van der Waals surface area contributed by atoms with Crippen LogP contribution in [-0.2, 0) is 29.0 Å². The third-order valence-corrected chi connectivity index (χ3v) is 5.02. The Balaban J connectivity index is 1.37. The molecule has 2 aromatic heterocycles. The van der Waals surface area contributed by atoms with Gasteiger partial charge in [-0.1, -0.05) is 0 Å². The van der Waals surface area contributed by atoms with Crippen LogP contribution in [0.15, 0.2) is 11.6 Å². The Kier molecular flexibility index (Phi) is 3.98. The van der Waals surface area contributed by atoms with E-state index in [1.54, 1.807) is 11.3 Å². The summed E-state index contributed by atoms with van der Waals surface area (Å²) in [6.45, 7) is 4.91. The third-order valence-electron chi connectivity index (χ3n) is 4.19. The van der Waals surface area contributed by atoms with E-state index in [2.05, 4.69) is 15.9 Å². The fourth-order valence-electron chi connectivity index (χ4n) is 2.86. The molecule has 0 spiro atoms. The maximum atomic E-state index is 5.86. The average molecular weight is 319 g/mol. The predicted octanol–water partition coefficient (Wildman–Crippen LogP) is 2.89. The molecule has 5 nitrogen and oxygen atoms in total. The molecule has 22 heavy (non-hydrogen) atoms. The van der Waals surface area contributed by atoms with Gasteiger partial charge in [-0.15, -0.1) is 11.3 Å². The van der Waals surface area contributed by atoms with Crippen LogP contribution in [-0.4, -0.2) is 28.0 Å². The van der Waals surface area contributed by atoms with Gasteiger partial charge < -0.3 is 9.47 Å². The molecule has 3 heterocycles. The van der Waals surface area contributed by atoms with Gasteiger partial charge in [-0.25, -0.2) is 4.98 Å². The second-order valence-electron chi connectivity index (χ2n) is 6.19. The van der Waals surface area contributed by atoms with Crippen molar-refractivity contribution in [1.82, 2.24) is 14.8 Å². The Bertz CT molecular complexity index is 648. The minimum Gasteiger partial charge on any atom is -0.372 e. The molecule has 0 aromatic carbocycles. The van der Waals surface area contributed by atoms with Crippen LogP contribution in [0.5, 0.6) is 0 Å². The molecule has 0 saturated heterocycles. The smallest absolute Gasteiger partial charge is 0.125 e. The van der Waals surface area contributed by atoms with Crippen molar-refractivity contribution in [3.8, 4) is 0 Å². The highest BCUT2D eigenvalue weighted by molar-refractivity contribution is 7.09. The van der Waals surface area contributed by atoms with Gasteiger partial charge in [0.25, 0.3) is 0 Å². The molecular formula is C16H21N3O2S. The first-order valence-corrected chi connectivity index (χ1v) is 8.82. The number of fused-ring (bicyclic) bond motifs is 1. The third kappa shape index (κ3) is 3.24. The lowest BCUT2D eigenvalue weighted by atomic mass is 10.1. The second kappa shape index (κ2) is 6.10. The van der Waals surface area contributed by atoms with E-state index in [-0.39, 0.29) is 6.10 Å². The van der Waals surface area contributed by atoms with Gasteiger partial charge >= 0.3 is 0 Å². The summed E-state index contributed by atoms with van der Waals surface area (Å²) in [4.78, 5) is 4.41. The normalized spacial score (nSPS) is 21.0. The summed E-state index contributed by atoms with van der Waals surface area (Å²) in [6, 6.07) is 0. The molecule has 1 saturated carbocycles. The van der Waals surface area contributed by atoms with E-state index in [0.29, 0.717) is 13.2 Å². The fraction of sp³-hybridized carbons (Fsp3) is 0.625. The SMILES string of the molecule is Cc1nc(COCC2OCCc3cn(CC4CC4)nc32)cs1. The summed E-state index contributed by atoms with van der Waals surface area (Å²) in [5, 5.41) is 7.87. The van der Waals surface area contributed by atoms with Crippen molar-refractivity contribution in [1.29, 1.82) is 0 Å². The Morgan fingerprint density at radius 2 is 2.36 bits per heavy atom. The molecule has 1 aliphatic carbocycles. The predicted molar refractivity (Wildman–Crippen MR) is 83.9 cm³/mol. The highest BCUT2D eigenvalue weighted by Gasteiger charge is 2.27. The molecule has 1 unspecified atom stereocenters. The van der Waals surface area contributed by atoms with E-state index in [9.17, 15) is 0 Å². The Labute approximate surface area is 134 Å². The van der Waals surface area contributed by atoms with Gasteiger partial charge in [0.2, 0.25) is 0 Å². The minimum absolute atomic E-state index is 0.0380. The number of thiazole rings is 1. The zero-order chi connectivity index (χ0) is 14.9. The van der Waals surface area contributed by atoms with Crippen molar-refractivity contribution >= 4 is 11.3 Å². The van der Waals surface area contributed by atoms with Crippen LogP contribution in [0.1, 0.15) is 40.9 Å². The molecule has 1 fully saturated rings. The van der Waals surface area contributed by atoms with E-state index in [1.165, 1.54) is 18.4 Å². The van der Waals surface area contributed by atoms with Crippen molar-refractivity contribution in [3.05, 3.63) is 33.5 Å². The fourth-order valence-corrected chi connectivity index (χ4v) is 3.46. The van der Waals surface area contributed by atoms with Crippen molar-refractivity contribution < 1.29 is 9.47 Å². The molecule has 0 amide bonds. The van der Waals surface area contributed by atoms with E-state index >= 15 is 0 Å². The molecule has 1 aliphatic heterocycles. The summed E-state index contributed by atoms with van der Waals surface area (Å²) in [6.07, 6.45) is 5.82. The number of nitrogens with zero attached hydrogens (tertiary/aromatic N) is 3. The number of hydrogen-bond donors (Lipinski definition) is 0. The van der Waals surface area contributed by atoms with Crippen LogP contribution in [0.2, 0.25) is 0 Å². The summed E-state index contributed by atoms with van der Waals surface area (Å²) in [5.74, 6) is 0.838. The van der Waals surface area contributed by atoms with Gasteiger partial charge in [-0.2, -0.15) is 5.10 Å². The monoisotopic (exact) mass is 319 g/mol. The summed E-state index contributed by atoms with van der Waals surface area (Å²) < 4.78 is 13.8. The number of ether oxygens (including phenoxy) is 2. The zero-order valence-corrected chi connectivity index (χ0v) is 13.6. The highest BCUT2D eigenvalue weighted by Crippen LogP contribution is 2.32. The first-order chi connectivity index (χ1) is 10.8. The molecular weight excluding hydrogens is 298 g/mol. The van der Waals surface area contributed by atoms with Gasteiger partial charge in [0.05, 0.1) is 36.2 Å². The van der Waals surface area contributed by atoms with Crippen LogP contribution < -0.4 is 0 Å². The molecule has 0 radical (unpaired) electrons. The lowest BCUT2D eigenvalue weighted by Crippen LogP contribution is -2.20. The Morgan fingerprint density at radius 1 is 1.45 bits per heavy atom. The second-order valence-corrected chi connectivity index (χ2v) is 7.25. The largest absolute Gasteiger partial charge is 0.372 e. The van der Waals surface area contributed by atoms with Gasteiger partial charge in [0.15, 0.2) is 0 Å². The number of aromatic nitrogens is 3. The molecule has 4 rings (SSSR count). The first kappa shape index (κ1) is 14.4. The zero-order valence-electron chi connectivity index (χ0n) is 12.8. The van der Waals surface area contributed by atoms with E-state index in [1.807, 2.05) is 12.3 Å². The maximum absolute atomic E-state index is 5.86. The lowest BCUT2D eigenvalue weighted by molar-refractivity contribution is -0.0326. The molecule has 0 N–H and O–H groups in total. The molecule has 0 bridgehead atoms.